The summed E-state index contributed by atoms with van der Waals surface area (Å²) >= 11 is 0. The van der Waals surface area contributed by atoms with Crippen molar-refractivity contribution in [3.63, 3.8) is 0 Å². The number of nitrogens with zero attached hydrogens (tertiary/aromatic N) is 6. The first-order valence-electron chi connectivity index (χ1n) is 12.8. The van der Waals surface area contributed by atoms with Gasteiger partial charge in [-0.25, -0.2) is 15.0 Å². The minimum atomic E-state index is 0.160. The summed E-state index contributed by atoms with van der Waals surface area (Å²) in [5.74, 6) is 1.85. The van der Waals surface area contributed by atoms with E-state index in [1.807, 2.05) is 30.7 Å². The number of anilines is 2. The number of likely N-dealkylation sites (tertiary alicyclic amines) is 1. The average Bonchev–Trinajstić information content (AvgIpc) is 3.63. The van der Waals surface area contributed by atoms with E-state index in [4.69, 9.17) is 4.98 Å². The normalized spacial score (nSPS) is 20.6. The molecule has 2 bridgehead atoms. The Kier molecular flexibility index (Phi) is 5.86. The molecule has 5 heterocycles. The molecule has 0 aliphatic carbocycles. The fraction of sp³-hybridized carbons (Fsp3) is 0.393. The first-order valence-corrected chi connectivity index (χ1v) is 12.8. The van der Waals surface area contributed by atoms with Crippen molar-refractivity contribution in [2.45, 2.75) is 51.2 Å². The Morgan fingerprint density at radius 1 is 1.03 bits per heavy atom. The quantitative estimate of drug-likeness (QED) is 0.392. The monoisotopic (exact) mass is 467 g/mol. The van der Waals surface area contributed by atoms with Gasteiger partial charge >= 0.3 is 0 Å². The molecular formula is C28H33N7. The van der Waals surface area contributed by atoms with E-state index in [1.165, 1.54) is 31.4 Å². The highest BCUT2D eigenvalue weighted by Crippen LogP contribution is 2.35. The van der Waals surface area contributed by atoms with E-state index in [1.54, 1.807) is 0 Å². The van der Waals surface area contributed by atoms with E-state index in [9.17, 15) is 0 Å². The zero-order valence-electron chi connectivity index (χ0n) is 20.5. The second-order valence-corrected chi connectivity index (χ2v) is 9.85. The van der Waals surface area contributed by atoms with Gasteiger partial charge in [0.25, 0.3) is 0 Å². The number of aromatic nitrogens is 4. The number of fused-ring (bicyclic) bond motifs is 3. The van der Waals surface area contributed by atoms with Crippen LogP contribution in [0.4, 0.5) is 11.8 Å². The molecule has 7 heteroatoms. The minimum Gasteiger partial charge on any atom is -0.364 e. The molecule has 6 rings (SSSR count). The Balaban J connectivity index is 1.28. The van der Waals surface area contributed by atoms with Crippen LogP contribution >= 0.6 is 0 Å². The van der Waals surface area contributed by atoms with Crippen LogP contribution in [-0.2, 0) is 0 Å². The van der Waals surface area contributed by atoms with Crippen molar-refractivity contribution >= 4 is 17.4 Å². The maximum Gasteiger partial charge on any atom is 0.212 e. The number of pyridine rings is 1. The molecule has 0 saturated carbocycles. The predicted octanol–water partition coefficient (Wildman–Crippen LogP) is 5.03. The third-order valence-electron chi connectivity index (χ3n) is 7.50. The summed E-state index contributed by atoms with van der Waals surface area (Å²) < 4.78 is 2.14. The van der Waals surface area contributed by atoms with Gasteiger partial charge in [0.05, 0.1) is 5.69 Å². The maximum absolute atomic E-state index is 5.18. The lowest BCUT2D eigenvalue weighted by Gasteiger charge is -2.35. The molecule has 3 atom stereocenters. The van der Waals surface area contributed by atoms with Crippen LogP contribution in [0.1, 0.15) is 44.7 Å². The van der Waals surface area contributed by atoms with Gasteiger partial charge in [0.2, 0.25) is 5.95 Å². The largest absolute Gasteiger partial charge is 0.364 e. The SMILES string of the molecule is CCCCN1C[C@@H]2C[C@@H]1CN2c1nc(-c2ccnc(N[C@@H](C)c3ccccc3)c2)cc2nccn12. The van der Waals surface area contributed by atoms with E-state index in [2.05, 4.69) is 79.7 Å². The Morgan fingerprint density at radius 2 is 1.91 bits per heavy atom. The molecule has 2 aliphatic heterocycles. The van der Waals surface area contributed by atoms with Crippen molar-refractivity contribution in [1.29, 1.82) is 0 Å². The molecule has 180 valence electrons. The van der Waals surface area contributed by atoms with Crippen LogP contribution in [0.5, 0.6) is 0 Å². The number of hydrogen-bond acceptors (Lipinski definition) is 6. The zero-order valence-corrected chi connectivity index (χ0v) is 20.5. The van der Waals surface area contributed by atoms with Crippen molar-refractivity contribution < 1.29 is 0 Å². The second-order valence-electron chi connectivity index (χ2n) is 9.85. The van der Waals surface area contributed by atoms with E-state index in [-0.39, 0.29) is 6.04 Å². The van der Waals surface area contributed by atoms with Crippen molar-refractivity contribution in [2.75, 3.05) is 29.9 Å². The van der Waals surface area contributed by atoms with Crippen molar-refractivity contribution in [2.24, 2.45) is 0 Å². The van der Waals surface area contributed by atoms with Crippen molar-refractivity contribution in [3.05, 3.63) is 72.7 Å². The smallest absolute Gasteiger partial charge is 0.212 e. The number of imidazole rings is 1. The van der Waals surface area contributed by atoms with Crippen LogP contribution < -0.4 is 10.2 Å². The number of hydrogen-bond donors (Lipinski definition) is 1. The van der Waals surface area contributed by atoms with Gasteiger partial charge in [-0.3, -0.25) is 9.30 Å². The average molecular weight is 468 g/mol. The number of unbranched alkanes of at least 4 members (excludes halogenated alkanes) is 1. The lowest BCUT2D eigenvalue weighted by Crippen LogP contribution is -2.47. The molecule has 1 N–H and O–H groups in total. The summed E-state index contributed by atoms with van der Waals surface area (Å²) in [6, 6.07) is 18.0. The lowest BCUT2D eigenvalue weighted by molar-refractivity contribution is 0.234. The van der Waals surface area contributed by atoms with Crippen molar-refractivity contribution in [1.82, 2.24) is 24.3 Å². The highest BCUT2D eigenvalue weighted by atomic mass is 15.4. The van der Waals surface area contributed by atoms with Gasteiger partial charge in [-0.05, 0) is 44.0 Å². The number of nitrogens with one attached hydrogen (secondary N) is 1. The molecule has 0 radical (unpaired) electrons. The topological polar surface area (TPSA) is 61.6 Å². The standard InChI is InChI=1S/C28H33N7/c1-3-4-13-33-18-24-16-23(33)19-35(24)28-32-25(17-27-30-12-14-34(27)28)22-10-11-29-26(15-22)31-20(2)21-8-6-5-7-9-21/h5-12,14-15,17,20,23-24H,3-4,13,16,18-19H2,1-2H3,(H,29,31)/t20-,23+,24-/m0/s1. The van der Waals surface area contributed by atoms with Gasteiger partial charge in [0, 0.05) is 61.4 Å². The highest BCUT2D eigenvalue weighted by molar-refractivity contribution is 5.68. The van der Waals surface area contributed by atoms with Crippen LogP contribution in [-0.4, -0.2) is 56.0 Å². The Hall–Kier alpha value is -3.45. The first kappa shape index (κ1) is 22.0. The van der Waals surface area contributed by atoms with Crippen LogP contribution in [0.25, 0.3) is 16.9 Å². The molecule has 1 aromatic carbocycles. The van der Waals surface area contributed by atoms with E-state index in [0.717, 1.165) is 41.8 Å². The fourth-order valence-electron chi connectivity index (χ4n) is 5.60. The van der Waals surface area contributed by atoms with Crippen LogP contribution in [0.2, 0.25) is 0 Å². The molecule has 2 fully saturated rings. The summed E-state index contributed by atoms with van der Waals surface area (Å²) in [6.45, 7) is 7.81. The van der Waals surface area contributed by atoms with Crippen LogP contribution in [0, 0.1) is 0 Å². The second kappa shape index (κ2) is 9.30. The Bertz CT molecular complexity index is 1300. The summed E-state index contributed by atoms with van der Waals surface area (Å²) in [6.07, 6.45) is 9.52. The molecule has 3 aromatic heterocycles. The van der Waals surface area contributed by atoms with Crippen molar-refractivity contribution in [3.8, 4) is 11.3 Å². The molecular weight excluding hydrogens is 434 g/mol. The van der Waals surface area contributed by atoms with Gasteiger partial charge in [-0.15, -0.1) is 0 Å². The van der Waals surface area contributed by atoms with E-state index in [0.29, 0.717) is 12.1 Å². The molecule has 0 amide bonds. The highest BCUT2D eigenvalue weighted by Gasteiger charge is 2.44. The maximum atomic E-state index is 5.18. The van der Waals surface area contributed by atoms with Crippen LogP contribution in [0.15, 0.2) is 67.1 Å². The van der Waals surface area contributed by atoms with Gasteiger partial charge < -0.3 is 10.2 Å². The molecule has 0 spiro atoms. The molecule has 0 unspecified atom stereocenters. The summed E-state index contributed by atoms with van der Waals surface area (Å²) in [5, 5.41) is 3.54. The third kappa shape index (κ3) is 4.25. The molecule has 7 nitrogen and oxygen atoms in total. The summed E-state index contributed by atoms with van der Waals surface area (Å²) in [7, 11) is 0. The number of piperazine rings is 1. The Labute approximate surface area is 206 Å². The number of rotatable bonds is 8. The van der Waals surface area contributed by atoms with E-state index < -0.39 is 0 Å². The molecule has 35 heavy (non-hydrogen) atoms. The van der Waals surface area contributed by atoms with Gasteiger partial charge in [-0.1, -0.05) is 43.7 Å². The first-order chi connectivity index (χ1) is 17.2. The Morgan fingerprint density at radius 3 is 2.71 bits per heavy atom. The number of benzene rings is 1. The fourth-order valence-corrected chi connectivity index (χ4v) is 5.60. The summed E-state index contributed by atoms with van der Waals surface area (Å²) in [4.78, 5) is 19.6. The van der Waals surface area contributed by atoms with Gasteiger partial charge in [-0.2, -0.15) is 0 Å². The molecule has 4 aromatic rings. The van der Waals surface area contributed by atoms with Gasteiger partial charge in [0.15, 0.2) is 0 Å². The summed E-state index contributed by atoms with van der Waals surface area (Å²) in [5.41, 5.74) is 4.14. The minimum absolute atomic E-state index is 0.160. The zero-order chi connectivity index (χ0) is 23.8. The molecule has 2 saturated heterocycles. The predicted molar refractivity (Wildman–Crippen MR) is 141 cm³/mol. The molecule has 2 aliphatic rings. The lowest BCUT2D eigenvalue weighted by atomic mass is 10.1. The van der Waals surface area contributed by atoms with Gasteiger partial charge in [0.1, 0.15) is 11.5 Å². The third-order valence-corrected chi connectivity index (χ3v) is 7.50. The van der Waals surface area contributed by atoms with E-state index >= 15 is 0 Å². The van der Waals surface area contributed by atoms with Crippen LogP contribution in [0.3, 0.4) is 0 Å².